The Morgan fingerprint density at radius 1 is 0.962 bits per heavy atom. The maximum atomic E-state index is 12.3. The molecule has 0 unspecified atom stereocenters. The molecular weight excluding hydrogens is 356 g/mol. The van der Waals surface area contributed by atoms with Crippen LogP contribution < -0.4 is 10.0 Å². The van der Waals surface area contributed by atoms with E-state index in [1.807, 2.05) is 0 Å². The van der Waals surface area contributed by atoms with E-state index in [1.54, 1.807) is 12.1 Å². The SMILES string of the molecule is O=C(O)C1CCC(C(=O)Nc2ccc(S(=O)(=O)NCC3CC3)cc2)CC1. The molecule has 0 aromatic heterocycles. The normalized spacial score (nSPS) is 23.4. The van der Waals surface area contributed by atoms with Crippen LogP contribution in [0, 0.1) is 17.8 Å². The molecular formula is C18H24N2O5S. The minimum absolute atomic E-state index is 0.142. The number of amides is 1. The molecule has 0 saturated heterocycles. The minimum atomic E-state index is -3.51. The molecule has 1 amide bonds. The Balaban J connectivity index is 1.53. The molecule has 0 spiro atoms. The number of carbonyl (C=O) groups is 2. The van der Waals surface area contributed by atoms with E-state index in [4.69, 9.17) is 5.11 Å². The molecule has 2 saturated carbocycles. The first kappa shape index (κ1) is 18.8. The highest BCUT2D eigenvalue weighted by Gasteiger charge is 2.30. The van der Waals surface area contributed by atoms with Crippen LogP contribution in [-0.4, -0.2) is 31.9 Å². The van der Waals surface area contributed by atoms with E-state index in [0.29, 0.717) is 43.8 Å². The highest BCUT2D eigenvalue weighted by molar-refractivity contribution is 7.89. The standard InChI is InChI=1S/C18H24N2O5S/c21-17(13-3-5-14(6-4-13)18(22)23)20-15-7-9-16(10-8-15)26(24,25)19-11-12-1-2-12/h7-10,12-14,19H,1-6,11H2,(H,20,21)(H,22,23). The molecule has 8 heteroatoms. The monoisotopic (exact) mass is 380 g/mol. The summed E-state index contributed by atoms with van der Waals surface area (Å²) in [5, 5.41) is 11.8. The number of carboxylic acid groups (broad SMARTS) is 1. The first-order valence-corrected chi connectivity index (χ1v) is 10.5. The van der Waals surface area contributed by atoms with Crippen LogP contribution in [0.1, 0.15) is 38.5 Å². The fourth-order valence-electron chi connectivity index (χ4n) is 3.20. The van der Waals surface area contributed by atoms with E-state index >= 15 is 0 Å². The van der Waals surface area contributed by atoms with Gasteiger partial charge in [-0.3, -0.25) is 9.59 Å². The minimum Gasteiger partial charge on any atom is -0.481 e. The lowest BCUT2D eigenvalue weighted by Gasteiger charge is -2.25. The second kappa shape index (κ2) is 7.75. The van der Waals surface area contributed by atoms with Gasteiger partial charge in [-0.15, -0.1) is 0 Å². The highest BCUT2D eigenvalue weighted by Crippen LogP contribution is 2.30. The summed E-state index contributed by atoms with van der Waals surface area (Å²) in [4.78, 5) is 23.5. The number of carbonyl (C=O) groups excluding carboxylic acids is 1. The third kappa shape index (κ3) is 4.82. The molecule has 7 nitrogen and oxygen atoms in total. The van der Waals surface area contributed by atoms with Gasteiger partial charge in [-0.25, -0.2) is 13.1 Å². The quantitative estimate of drug-likeness (QED) is 0.671. The van der Waals surface area contributed by atoms with Crippen LogP contribution in [0.2, 0.25) is 0 Å². The Labute approximate surface area is 153 Å². The van der Waals surface area contributed by atoms with Crippen molar-refractivity contribution < 1.29 is 23.1 Å². The van der Waals surface area contributed by atoms with Gasteiger partial charge in [-0.1, -0.05) is 0 Å². The summed E-state index contributed by atoms with van der Waals surface area (Å²) in [5.74, 6) is -1.03. The number of hydrogen-bond acceptors (Lipinski definition) is 4. The number of benzene rings is 1. The lowest BCUT2D eigenvalue weighted by molar-refractivity contribution is -0.143. The molecule has 0 atom stereocenters. The van der Waals surface area contributed by atoms with Crippen LogP contribution in [0.4, 0.5) is 5.69 Å². The molecule has 0 bridgehead atoms. The van der Waals surface area contributed by atoms with Gasteiger partial charge in [0.2, 0.25) is 15.9 Å². The van der Waals surface area contributed by atoms with Gasteiger partial charge in [-0.05, 0) is 68.7 Å². The molecule has 1 aromatic carbocycles. The largest absolute Gasteiger partial charge is 0.481 e. The Hall–Kier alpha value is -1.93. The maximum absolute atomic E-state index is 12.3. The van der Waals surface area contributed by atoms with Crippen molar-refractivity contribution in [2.75, 3.05) is 11.9 Å². The molecule has 0 heterocycles. The maximum Gasteiger partial charge on any atom is 0.306 e. The first-order chi connectivity index (χ1) is 12.3. The van der Waals surface area contributed by atoms with E-state index in [1.165, 1.54) is 12.1 Å². The van der Waals surface area contributed by atoms with Gasteiger partial charge in [0.1, 0.15) is 0 Å². The van der Waals surface area contributed by atoms with Crippen LogP contribution in [0.25, 0.3) is 0 Å². The summed E-state index contributed by atoms with van der Waals surface area (Å²) in [6.07, 6.45) is 4.28. The summed E-state index contributed by atoms with van der Waals surface area (Å²) in [5.41, 5.74) is 0.538. The van der Waals surface area contributed by atoms with E-state index in [2.05, 4.69) is 10.0 Å². The Morgan fingerprint density at radius 3 is 2.08 bits per heavy atom. The number of hydrogen-bond donors (Lipinski definition) is 3. The number of anilines is 1. The zero-order chi connectivity index (χ0) is 18.7. The molecule has 26 heavy (non-hydrogen) atoms. The average Bonchev–Trinajstić information content (AvgIpc) is 3.45. The van der Waals surface area contributed by atoms with Gasteiger partial charge >= 0.3 is 5.97 Å². The third-order valence-electron chi connectivity index (χ3n) is 5.14. The number of carboxylic acids is 1. The fourth-order valence-corrected chi connectivity index (χ4v) is 4.31. The van der Waals surface area contributed by atoms with Gasteiger partial charge in [0.05, 0.1) is 10.8 Å². The zero-order valence-corrected chi connectivity index (χ0v) is 15.3. The Kier molecular flexibility index (Phi) is 5.62. The van der Waals surface area contributed by atoms with Crippen molar-refractivity contribution in [1.82, 2.24) is 4.72 Å². The first-order valence-electron chi connectivity index (χ1n) is 8.98. The summed E-state index contributed by atoms with van der Waals surface area (Å²) in [7, 11) is -3.51. The summed E-state index contributed by atoms with van der Waals surface area (Å²) >= 11 is 0. The van der Waals surface area contributed by atoms with Crippen LogP contribution >= 0.6 is 0 Å². The van der Waals surface area contributed by atoms with E-state index in [-0.39, 0.29) is 22.6 Å². The molecule has 2 aliphatic rings. The topological polar surface area (TPSA) is 113 Å². The van der Waals surface area contributed by atoms with Crippen molar-refractivity contribution in [1.29, 1.82) is 0 Å². The Bertz CT molecular complexity index is 763. The molecule has 2 fully saturated rings. The lowest BCUT2D eigenvalue weighted by Crippen LogP contribution is -2.29. The van der Waals surface area contributed by atoms with E-state index in [9.17, 15) is 18.0 Å². The molecule has 142 valence electrons. The van der Waals surface area contributed by atoms with Crippen LogP contribution in [-0.2, 0) is 19.6 Å². The molecule has 3 rings (SSSR count). The van der Waals surface area contributed by atoms with Crippen molar-refractivity contribution >= 4 is 27.6 Å². The predicted molar refractivity (Wildman–Crippen MR) is 96.1 cm³/mol. The highest BCUT2D eigenvalue weighted by atomic mass is 32.2. The number of sulfonamides is 1. The van der Waals surface area contributed by atoms with Gasteiger partial charge in [0.25, 0.3) is 0 Å². The molecule has 0 radical (unpaired) electrons. The fraction of sp³-hybridized carbons (Fsp3) is 0.556. The summed E-state index contributed by atoms with van der Waals surface area (Å²) in [6, 6.07) is 6.11. The molecule has 3 N–H and O–H groups in total. The van der Waals surface area contributed by atoms with Crippen LogP contribution in [0.5, 0.6) is 0 Å². The third-order valence-corrected chi connectivity index (χ3v) is 6.58. The van der Waals surface area contributed by atoms with Gasteiger partial charge in [-0.2, -0.15) is 0 Å². The van der Waals surface area contributed by atoms with Crippen molar-refractivity contribution in [3.8, 4) is 0 Å². The summed E-state index contributed by atoms with van der Waals surface area (Å²) < 4.78 is 27.0. The number of rotatable bonds is 7. The summed E-state index contributed by atoms with van der Waals surface area (Å²) in [6.45, 7) is 0.472. The Morgan fingerprint density at radius 2 is 1.54 bits per heavy atom. The predicted octanol–water partition coefficient (Wildman–Crippen LogP) is 2.20. The second-order valence-electron chi connectivity index (χ2n) is 7.20. The second-order valence-corrected chi connectivity index (χ2v) is 8.96. The number of aliphatic carboxylic acids is 1. The lowest BCUT2D eigenvalue weighted by atomic mass is 9.81. The average molecular weight is 380 g/mol. The van der Waals surface area contributed by atoms with Crippen molar-refractivity contribution in [2.24, 2.45) is 17.8 Å². The van der Waals surface area contributed by atoms with Crippen molar-refractivity contribution in [2.45, 2.75) is 43.4 Å². The van der Waals surface area contributed by atoms with Crippen molar-refractivity contribution in [3.05, 3.63) is 24.3 Å². The van der Waals surface area contributed by atoms with Crippen LogP contribution in [0.15, 0.2) is 29.2 Å². The van der Waals surface area contributed by atoms with E-state index < -0.39 is 16.0 Å². The van der Waals surface area contributed by atoms with E-state index in [0.717, 1.165) is 12.8 Å². The van der Waals surface area contributed by atoms with Gasteiger partial charge < -0.3 is 10.4 Å². The number of nitrogens with one attached hydrogen (secondary N) is 2. The van der Waals surface area contributed by atoms with Gasteiger partial charge in [0.15, 0.2) is 0 Å². The molecule has 2 aliphatic carbocycles. The molecule has 0 aliphatic heterocycles. The van der Waals surface area contributed by atoms with Crippen molar-refractivity contribution in [3.63, 3.8) is 0 Å². The molecule has 1 aromatic rings. The zero-order valence-electron chi connectivity index (χ0n) is 14.5. The van der Waals surface area contributed by atoms with Crippen LogP contribution in [0.3, 0.4) is 0 Å². The smallest absolute Gasteiger partial charge is 0.306 e. The van der Waals surface area contributed by atoms with Gasteiger partial charge in [0, 0.05) is 18.2 Å².